The minimum absolute atomic E-state index is 0.480. The number of fused-ring (bicyclic) bond motifs is 1. The fraction of sp³-hybridized carbons (Fsp3) is 0.200. The van der Waals surface area contributed by atoms with Crippen LogP contribution < -0.4 is 5.73 Å². The summed E-state index contributed by atoms with van der Waals surface area (Å²) >= 11 is 0. The van der Waals surface area contributed by atoms with E-state index in [4.69, 9.17) is 5.73 Å². The summed E-state index contributed by atoms with van der Waals surface area (Å²) in [6.07, 6.45) is 3.45. The first kappa shape index (κ1) is 12.6. The second-order valence-corrected chi connectivity index (χ2v) is 5.39. The molecule has 2 heterocycles. The zero-order valence-electron chi connectivity index (χ0n) is 11.4. The number of aromatic nitrogens is 3. The first-order valence-corrected chi connectivity index (χ1v) is 6.37. The Bertz CT molecular complexity index is 771. The fourth-order valence-electron chi connectivity index (χ4n) is 2.15. The molecule has 0 radical (unpaired) electrons. The quantitative estimate of drug-likeness (QED) is 0.666. The Kier molecular flexibility index (Phi) is 2.72. The molecule has 0 bridgehead atoms. The highest BCUT2D eigenvalue weighted by Crippen LogP contribution is 2.28. The highest BCUT2D eigenvalue weighted by atomic mass is 16.3. The summed E-state index contributed by atoms with van der Waals surface area (Å²) in [4.78, 5) is 4.20. The summed E-state index contributed by atoms with van der Waals surface area (Å²) in [7, 11) is 0. The van der Waals surface area contributed by atoms with Crippen LogP contribution in [0.15, 0.2) is 36.7 Å². The maximum atomic E-state index is 10.1. The smallest absolute Gasteiger partial charge is 0.153 e. The van der Waals surface area contributed by atoms with Gasteiger partial charge >= 0.3 is 0 Å². The van der Waals surface area contributed by atoms with Crippen LogP contribution in [0.1, 0.15) is 19.4 Å². The monoisotopic (exact) mass is 268 g/mol. The van der Waals surface area contributed by atoms with Crippen molar-refractivity contribution in [3.8, 4) is 11.1 Å². The SMILES string of the molecule is CC(C)(O)c1cncc(-c2ccc3[nH]nc(N)c3c2)c1. The van der Waals surface area contributed by atoms with Gasteiger partial charge in [0.2, 0.25) is 0 Å². The van der Waals surface area contributed by atoms with E-state index in [-0.39, 0.29) is 0 Å². The van der Waals surface area contributed by atoms with Crippen molar-refractivity contribution in [2.75, 3.05) is 5.73 Å². The van der Waals surface area contributed by atoms with Crippen LogP contribution in [-0.2, 0) is 5.60 Å². The van der Waals surface area contributed by atoms with Crippen molar-refractivity contribution < 1.29 is 5.11 Å². The molecular weight excluding hydrogens is 252 g/mol. The number of nitrogens with zero attached hydrogens (tertiary/aromatic N) is 2. The van der Waals surface area contributed by atoms with Crippen molar-refractivity contribution in [1.82, 2.24) is 15.2 Å². The molecule has 0 amide bonds. The maximum absolute atomic E-state index is 10.1. The van der Waals surface area contributed by atoms with E-state index in [1.165, 1.54) is 0 Å². The Morgan fingerprint density at radius 3 is 2.70 bits per heavy atom. The number of H-pyrrole nitrogens is 1. The van der Waals surface area contributed by atoms with Crippen LogP contribution in [0, 0.1) is 0 Å². The number of hydrogen-bond donors (Lipinski definition) is 3. The molecule has 0 aliphatic heterocycles. The van der Waals surface area contributed by atoms with E-state index in [1.54, 1.807) is 26.2 Å². The van der Waals surface area contributed by atoms with E-state index in [2.05, 4.69) is 15.2 Å². The maximum Gasteiger partial charge on any atom is 0.153 e. The highest BCUT2D eigenvalue weighted by molar-refractivity contribution is 5.92. The molecule has 3 aromatic rings. The Labute approximate surface area is 116 Å². The van der Waals surface area contributed by atoms with Crippen molar-refractivity contribution >= 4 is 16.7 Å². The van der Waals surface area contributed by atoms with Crippen molar-refractivity contribution in [3.63, 3.8) is 0 Å². The van der Waals surface area contributed by atoms with Crippen LogP contribution in [-0.4, -0.2) is 20.3 Å². The number of hydrogen-bond acceptors (Lipinski definition) is 4. The van der Waals surface area contributed by atoms with Gasteiger partial charge < -0.3 is 10.8 Å². The van der Waals surface area contributed by atoms with Gasteiger partial charge in [0, 0.05) is 28.9 Å². The minimum Gasteiger partial charge on any atom is -0.386 e. The number of anilines is 1. The molecule has 4 N–H and O–H groups in total. The first-order valence-electron chi connectivity index (χ1n) is 6.37. The fourth-order valence-corrected chi connectivity index (χ4v) is 2.15. The third kappa shape index (κ3) is 2.12. The van der Waals surface area contributed by atoms with Gasteiger partial charge in [-0.1, -0.05) is 6.07 Å². The summed E-state index contributed by atoms with van der Waals surface area (Å²) in [5.41, 5.74) is 8.51. The van der Waals surface area contributed by atoms with E-state index in [0.717, 1.165) is 27.6 Å². The van der Waals surface area contributed by atoms with Crippen LogP contribution in [0.5, 0.6) is 0 Å². The molecule has 0 spiro atoms. The summed E-state index contributed by atoms with van der Waals surface area (Å²) in [5, 5.41) is 17.8. The van der Waals surface area contributed by atoms with Gasteiger partial charge in [-0.3, -0.25) is 10.1 Å². The van der Waals surface area contributed by atoms with Crippen LogP contribution in [0.3, 0.4) is 0 Å². The molecule has 20 heavy (non-hydrogen) atoms. The zero-order chi connectivity index (χ0) is 14.3. The number of benzene rings is 1. The van der Waals surface area contributed by atoms with E-state index in [9.17, 15) is 5.11 Å². The lowest BCUT2D eigenvalue weighted by Gasteiger charge is -2.18. The Hall–Kier alpha value is -2.40. The Morgan fingerprint density at radius 1 is 1.15 bits per heavy atom. The van der Waals surface area contributed by atoms with E-state index >= 15 is 0 Å². The highest BCUT2D eigenvalue weighted by Gasteiger charge is 2.17. The van der Waals surface area contributed by atoms with Gasteiger partial charge in [0.05, 0.1) is 11.1 Å². The van der Waals surface area contributed by atoms with Crippen molar-refractivity contribution in [2.45, 2.75) is 19.4 Å². The van der Waals surface area contributed by atoms with Gasteiger partial charge in [0.15, 0.2) is 5.82 Å². The molecule has 0 saturated carbocycles. The molecule has 102 valence electrons. The first-order chi connectivity index (χ1) is 9.45. The summed E-state index contributed by atoms with van der Waals surface area (Å²) < 4.78 is 0. The number of nitrogen functional groups attached to an aromatic ring is 1. The number of pyridine rings is 1. The van der Waals surface area contributed by atoms with E-state index in [0.29, 0.717) is 5.82 Å². The molecule has 0 aliphatic carbocycles. The minimum atomic E-state index is -0.915. The topological polar surface area (TPSA) is 87.8 Å². The normalized spacial score (nSPS) is 11.9. The number of rotatable bonds is 2. The lowest BCUT2D eigenvalue weighted by molar-refractivity contribution is 0.0783. The van der Waals surface area contributed by atoms with Crippen molar-refractivity contribution in [2.24, 2.45) is 0 Å². The van der Waals surface area contributed by atoms with Gasteiger partial charge in [-0.05, 0) is 37.6 Å². The standard InChI is InChI=1S/C15H16N4O/c1-15(2,20)11-5-10(7-17-8-11)9-3-4-13-12(6-9)14(16)19-18-13/h3-8,20H,1-2H3,(H3,16,18,19). The molecule has 0 atom stereocenters. The van der Waals surface area contributed by atoms with Gasteiger partial charge in [-0.25, -0.2) is 0 Å². The molecular formula is C15H16N4O. The van der Waals surface area contributed by atoms with Gasteiger partial charge in [-0.2, -0.15) is 5.10 Å². The van der Waals surface area contributed by atoms with E-state index < -0.39 is 5.60 Å². The Balaban J connectivity index is 2.13. The van der Waals surface area contributed by atoms with Crippen LogP contribution in [0.2, 0.25) is 0 Å². The third-order valence-corrected chi connectivity index (χ3v) is 3.37. The Morgan fingerprint density at radius 2 is 1.95 bits per heavy atom. The van der Waals surface area contributed by atoms with Crippen LogP contribution in [0.4, 0.5) is 5.82 Å². The van der Waals surface area contributed by atoms with Crippen LogP contribution in [0.25, 0.3) is 22.0 Å². The van der Waals surface area contributed by atoms with Gasteiger partial charge in [0.1, 0.15) is 0 Å². The lowest BCUT2D eigenvalue weighted by atomic mass is 9.96. The molecule has 0 saturated heterocycles. The number of aromatic amines is 1. The average molecular weight is 268 g/mol. The molecule has 3 rings (SSSR count). The largest absolute Gasteiger partial charge is 0.386 e. The molecule has 0 fully saturated rings. The number of nitrogens with one attached hydrogen (secondary N) is 1. The van der Waals surface area contributed by atoms with Gasteiger partial charge in [0.25, 0.3) is 0 Å². The number of nitrogens with two attached hydrogens (primary N) is 1. The second-order valence-electron chi connectivity index (χ2n) is 5.39. The molecule has 5 heteroatoms. The second kappa shape index (κ2) is 4.31. The lowest BCUT2D eigenvalue weighted by Crippen LogP contribution is -2.15. The van der Waals surface area contributed by atoms with E-state index in [1.807, 2.05) is 24.3 Å². The predicted molar refractivity (Wildman–Crippen MR) is 79.0 cm³/mol. The molecule has 0 aliphatic rings. The predicted octanol–water partition coefficient (Wildman–Crippen LogP) is 2.43. The molecule has 0 unspecified atom stereocenters. The van der Waals surface area contributed by atoms with Crippen LogP contribution >= 0.6 is 0 Å². The summed E-state index contributed by atoms with van der Waals surface area (Å²) in [6.45, 7) is 3.48. The summed E-state index contributed by atoms with van der Waals surface area (Å²) in [5.74, 6) is 0.480. The van der Waals surface area contributed by atoms with Gasteiger partial charge in [-0.15, -0.1) is 0 Å². The summed E-state index contributed by atoms with van der Waals surface area (Å²) in [6, 6.07) is 7.82. The van der Waals surface area contributed by atoms with Crippen molar-refractivity contribution in [3.05, 3.63) is 42.2 Å². The molecule has 5 nitrogen and oxygen atoms in total. The zero-order valence-corrected chi connectivity index (χ0v) is 11.4. The molecule has 1 aromatic carbocycles. The third-order valence-electron chi connectivity index (χ3n) is 3.37. The number of aliphatic hydroxyl groups is 1. The van der Waals surface area contributed by atoms with Crippen molar-refractivity contribution in [1.29, 1.82) is 0 Å². The average Bonchev–Trinajstić information content (AvgIpc) is 2.79. The molecule has 2 aromatic heterocycles.